The molecule has 2 rings (SSSR count). The summed E-state index contributed by atoms with van der Waals surface area (Å²) >= 11 is 0. The van der Waals surface area contributed by atoms with Gasteiger partial charge in [0, 0.05) is 12.6 Å². The number of likely N-dealkylation sites (tertiary alicyclic amines) is 1. The smallest absolute Gasteiger partial charge is 0.0936 e. The maximum atomic E-state index is 5.22. The van der Waals surface area contributed by atoms with Crippen LogP contribution >= 0.6 is 0 Å². The highest BCUT2D eigenvalue weighted by Gasteiger charge is 2.28. The minimum Gasteiger partial charge on any atom is -0.372 e. The van der Waals surface area contributed by atoms with Crippen molar-refractivity contribution >= 4 is 0 Å². The van der Waals surface area contributed by atoms with Crippen molar-refractivity contribution in [2.75, 3.05) is 19.7 Å². The Balaban J connectivity index is 1.78. The number of epoxide rings is 1. The maximum Gasteiger partial charge on any atom is 0.0936 e. The van der Waals surface area contributed by atoms with E-state index in [4.69, 9.17) is 4.74 Å². The van der Waals surface area contributed by atoms with E-state index >= 15 is 0 Å². The van der Waals surface area contributed by atoms with Crippen molar-refractivity contribution < 1.29 is 4.74 Å². The van der Waals surface area contributed by atoms with E-state index in [1.54, 1.807) is 0 Å². The van der Waals surface area contributed by atoms with Crippen LogP contribution in [-0.2, 0) is 4.74 Å². The normalized spacial score (nSPS) is 39.0. The van der Waals surface area contributed by atoms with Gasteiger partial charge >= 0.3 is 0 Å². The average Bonchev–Trinajstić information content (AvgIpc) is 2.78. The molecule has 11 heavy (non-hydrogen) atoms. The minimum absolute atomic E-state index is 0.579. The van der Waals surface area contributed by atoms with Crippen LogP contribution in [0.1, 0.15) is 26.2 Å². The summed E-state index contributed by atoms with van der Waals surface area (Å²) in [5, 5.41) is 0. The first kappa shape index (κ1) is 7.56. The van der Waals surface area contributed by atoms with Crippen molar-refractivity contribution in [1.82, 2.24) is 4.90 Å². The minimum atomic E-state index is 0.579. The lowest BCUT2D eigenvalue weighted by Gasteiger charge is -2.32. The molecule has 0 amide bonds. The van der Waals surface area contributed by atoms with Gasteiger partial charge in [-0.25, -0.2) is 0 Å². The first-order valence-corrected chi connectivity index (χ1v) is 4.72. The lowest BCUT2D eigenvalue weighted by molar-refractivity contribution is 0.147. The SMILES string of the molecule is C[C@@H]1CCCCN1CC1CO1. The molecule has 2 aliphatic heterocycles. The summed E-state index contributed by atoms with van der Waals surface area (Å²) in [6, 6.07) is 0.799. The van der Waals surface area contributed by atoms with E-state index in [0.717, 1.165) is 12.6 Å². The molecule has 2 saturated heterocycles. The molecule has 2 nitrogen and oxygen atoms in total. The monoisotopic (exact) mass is 155 g/mol. The highest BCUT2D eigenvalue weighted by Crippen LogP contribution is 2.19. The summed E-state index contributed by atoms with van der Waals surface area (Å²) in [6.07, 6.45) is 4.77. The molecule has 0 radical (unpaired) electrons. The Morgan fingerprint density at radius 3 is 2.91 bits per heavy atom. The Hall–Kier alpha value is -0.0800. The first-order chi connectivity index (χ1) is 5.36. The molecule has 2 atom stereocenters. The summed E-state index contributed by atoms with van der Waals surface area (Å²) < 4.78 is 5.22. The van der Waals surface area contributed by atoms with Crippen LogP contribution in [0.15, 0.2) is 0 Å². The number of piperidine rings is 1. The summed E-state index contributed by atoms with van der Waals surface area (Å²) in [5.74, 6) is 0. The van der Waals surface area contributed by atoms with Crippen LogP contribution in [0.2, 0.25) is 0 Å². The number of hydrogen-bond donors (Lipinski definition) is 0. The van der Waals surface area contributed by atoms with Crippen molar-refractivity contribution in [1.29, 1.82) is 0 Å². The zero-order valence-electron chi connectivity index (χ0n) is 7.25. The van der Waals surface area contributed by atoms with Gasteiger partial charge in [0.15, 0.2) is 0 Å². The van der Waals surface area contributed by atoms with Crippen LogP contribution in [0.25, 0.3) is 0 Å². The van der Waals surface area contributed by atoms with Crippen LogP contribution in [0, 0.1) is 0 Å². The second-order valence-corrected chi connectivity index (χ2v) is 3.80. The zero-order valence-corrected chi connectivity index (χ0v) is 7.25. The lowest BCUT2D eigenvalue weighted by Crippen LogP contribution is -2.39. The highest BCUT2D eigenvalue weighted by molar-refractivity contribution is 4.80. The summed E-state index contributed by atoms with van der Waals surface area (Å²) in [4.78, 5) is 2.57. The molecular weight excluding hydrogens is 138 g/mol. The van der Waals surface area contributed by atoms with Gasteiger partial charge in [-0.3, -0.25) is 4.90 Å². The van der Waals surface area contributed by atoms with Gasteiger partial charge in [-0.15, -0.1) is 0 Å². The number of rotatable bonds is 2. The van der Waals surface area contributed by atoms with Gasteiger partial charge in [-0.2, -0.15) is 0 Å². The van der Waals surface area contributed by atoms with E-state index < -0.39 is 0 Å². The van der Waals surface area contributed by atoms with E-state index in [1.165, 1.54) is 32.4 Å². The van der Waals surface area contributed by atoms with Crippen LogP contribution in [0.5, 0.6) is 0 Å². The van der Waals surface area contributed by atoms with E-state index in [9.17, 15) is 0 Å². The van der Waals surface area contributed by atoms with Crippen molar-refractivity contribution in [2.24, 2.45) is 0 Å². The van der Waals surface area contributed by atoms with Gasteiger partial charge in [0.25, 0.3) is 0 Å². The second-order valence-electron chi connectivity index (χ2n) is 3.80. The molecule has 0 spiro atoms. The van der Waals surface area contributed by atoms with Gasteiger partial charge in [0.2, 0.25) is 0 Å². The van der Waals surface area contributed by atoms with Crippen molar-refractivity contribution in [3.8, 4) is 0 Å². The predicted octanol–water partition coefficient (Wildman–Crippen LogP) is 1.26. The lowest BCUT2D eigenvalue weighted by atomic mass is 10.0. The fourth-order valence-corrected chi connectivity index (χ4v) is 1.86. The number of ether oxygens (including phenoxy) is 1. The third kappa shape index (κ3) is 1.94. The Bertz CT molecular complexity index is 134. The second kappa shape index (κ2) is 3.11. The molecule has 0 aromatic carbocycles. The van der Waals surface area contributed by atoms with Crippen LogP contribution in [-0.4, -0.2) is 36.7 Å². The van der Waals surface area contributed by atoms with Gasteiger partial charge < -0.3 is 4.74 Å². The van der Waals surface area contributed by atoms with E-state index in [1.807, 2.05) is 0 Å². The van der Waals surface area contributed by atoms with E-state index in [-0.39, 0.29) is 0 Å². The number of nitrogens with zero attached hydrogens (tertiary/aromatic N) is 1. The van der Waals surface area contributed by atoms with E-state index in [2.05, 4.69) is 11.8 Å². The summed E-state index contributed by atoms with van der Waals surface area (Å²) in [6.45, 7) is 5.81. The number of hydrogen-bond acceptors (Lipinski definition) is 2. The molecule has 1 unspecified atom stereocenters. The third-order valence-corrected chi connectivity index (χ3v) is 2.78. The fourth-order valence-electron chi connectivity index (χ4n) is 1.86. The Labute approximate surface area is 68.5 Å². The zero-order chi connectivity index (χ0) is 7.68. The van der Waals surface area contributed by atoms with Crippen LogP contribution in [0.3, 0.4) is 0 Å². The van der Waals surface area contributed by atoms with E-state index in [0.29, 0.717) is 6.10 Å². The molecule has 0 aromatic rings. The fraction of sp³-hybridized carbons (Fsp3) is 1.00. The molecule has 64 valence electrons. The molecule has 2 heterocycles. The molecule has 0 saturated carbocycles. The molecule has 2 heteroatoms. The summed E-state index contributed by atoms with van der Waals surface area (Å²) in [5.41, 5.74) is 0. The van der Waals surface area contributed by atoms with Crippen LogP contribution in [0.4, 0.5) is 0 Å². The van der Waals surface area contributed by atoms with Crippen molar-refractivity contribution in [3.63, 3.8) is 0 Å². The Morgan fingerprint density at radius 2 is 2.27 bits per heavy atom. The molecule has 0 N–H and O–H groups in total. The largest absolute Gasteiger partial charge is 0.372 e. The first-order valence-electron chi connectivity index (χ1n) is 4.72. The van der Waals surface area contributed by atoms with Crippen LogP contribution < -0.4 is 0 Å². The van der Waals surface area contributed by atoms with Crippen molar-refractivity contribution in [3.05, 3.63) is 0 Å². The highest BCUT2D eigenvalue weighted by atomic mass is 16.6. The maximum absolute atomic E-state index is 5.22. The Kier molecular flexibility index (Phi) is 2.14. The Morgan fingerprint density at radius 1 is 1.45 bits per heavy atom. The third-order valence-electron chi connectivity index (χ3n) is 2.78. The van der Waals surface area contributed by atoms with Gasteiger partial charge in [0.05, 0.1) is 12.7 Å². The predicted molar refractivity (Wildman–Crippen MR) is 44.6 cm³/mol. The molecule has 0 aromatic heterocycles. The van der Waals surface area contributed by atoms with Crippen molar-refractivity contribution in [2.45, 2.75) is 38.3 Å². The topological polar surface area (TPSA) is 15.8 Å². The van der Waals surface area contributed by atoms with Gasteiger partial charge in [0.1, 0.15) is 0 Å². The molecule has 0 bridgehead atoms. The average molecular weight is 155 g/mol. The molecule has 2 fully saturated rings. The molecular formula is C9H17NO. The quantitative estimate of drug-likeness (QED) is 0.558. The standard InChI is InChI=1S/C9H17NO/c1-8-4-2-3-5-10(8)6-9-7-11-9/h8-9H,2-7H2,1H3/t8-,9?/m1/s1. The molecule has 2 aliphatic rings. The van der Waals surface area contributed by atoms with Gasteiger partial charge in [-0.1, -0.05) is 6.42 Å². The van der Waals surface area contributed by atoms with Gasteiger partial charge in [-0.05, 0) is 26.3 Å². The summed E-state index contributed by atoms with van der Waals surface area (Å²) in [7, 11) is 0. The molecule has 0 aliphatic carbocycles.